The summed E-state index contributed by atoms with van der Waals surface area (Å²) in [4.78, 5) is 14.4. The van der Waals surface area contributed by atoms with E-state index in [9.17, 15) is 4.79 Å². The van der Waals surface area contributed by atoms with Crippen LogP contribution in [0.3, 0.4) is 0 Å². The molecule has 1 aliphatic rings. The van der Waals surface area contributed by atoms with Crippen LogP contribution in [0.5, 0.6) is 5.75 Å². The molecule has 0 spiro atoms. The van der Waals surface area contributed by atoms with Crippen LogP contribution in [0.25, 0.3) is 5.57 Å². The lowest BCUT2D eigenvalue weighted by atomic mass is 10.1. The van der Waals surface area contributed by atoms with Gasteiger partial charge < -0.3 is 15.0 Å². The number of allylic oxidation sites excluding steroid dienone is 1. The number of carbonyl (C=O) groups is 1. The van der Waals surface area contributed by atoms with Gasteiger partial charge in [-0.25, -0.2) is 0 Å². The molecule has 1 amide bonds. The van der Waals surface area contributed by atoms with E-state index in [-0.39, 0.29) is 5.91 Å². The first-order chi connectivity index (χ1) is 10.2. The molecule has 1 aliphatic heterocycles. The fourth-order valence-electron chi connectivity index (χ4n) is 2.78. The summed E-state index contributed by atoms with van der Waals surface area (Å²) in [6.07, 6.45) is 3.92. The van der Waals surface area contributed by atoms with E-state index in [2.05, 4.69) is 5.32 Å². The van der Waals surface area contributed by atoms with Crippen molar-refractivity contribution in [2.24, 2.45) is 0 Å². The van der Waals surface area contributed by atoms with E-state index < -0.39 is 0 Å². The van der Waals surface area contributed by atoms with Gasteiger partial charge in [-0.2, -0.15) is 0 Å². The third kappa shape index (κ3) is 3.85. The highest BCUT2D eigenvalue weighted by Gasteiger charge is 2.26. The van der Waals surface area contributed by atoms with E-state index in [1.807, 2.05) is 43.1 Å². The Morgan fingerprint density at radius 2 is 2.14 bits per heavy atom. The Bertz CT molecular complexity index is 508. The maximum absolute atomic E-state index is 12.4. The summed E-state index contributed by atoms with van der Waals surface area (Å²) in [5.74, 6) is 0.938. The van der Waals surface area contributed by atoms with Gasteiger partial charge in [-0.05, 0) is 50.1 Å². The van der Waals surface area contributed by atoms with Crippen molar-refractivity contribution in [3.63, 3.8) is 0 Å². The normalized spacial score (nSPS) is 18.9. The van der Waals surface area contributed by atoms with Crippen LogP contribution < -0.4 is 10.1 Å². The Hall–Kier alpha value is -1.81. The number of nitrogens with one attached hydrogen (secondary N) is 1. The number of rotatable bonds is 5. The molecule has 4 heteroatoms. The van der Waals surface area contributed by atoms with Gasteiger partial charge in [0, 0.05) is 25.2 Å². The minimum Gasteiger partial charge on any atom is -0.497 e. The van der Waals surface area contributed by atoms with Crippen LogP contribution in [0.2, 0.25) is 0 Å². The largest absolute Gasteiger partial charge is 0.497 e. The summed E-state index contributed by atoms with van der Waals surface area (Å²) in [5, 5.41) is 3.16. The van der Waals surface area contributed by atoms with Gasteiger partial charge in [-0.15, -0.1) is 0 Å². The number of amides is 1. The van der Waals surface area contributed by atoms with Crippen LogP contribution in [0.15, 0.2) is 30.3 Å². The molecule has 1 saturated heterocycles. The fourth-order valence-corrected chi connectivity index (χ4v) is 2.78. The molecule has 0 radical (unpaired) electrons. The molecule has 1 aromatic rings. The molecule has 1 N–H and O–H groups in total. The first-order valence-electron chi connectivity index (χ1n) is 7.43. The van der Waals surface area contributed by atoms with Crippen molar-refractivity contribution in [2.45, 2.75) is 25.8 Å². The third-order valence-corrected chi connectivity index (χ3v) is 3.99. The van der Waals surface area contributed by atoms with E-state index in [0.29, 0.717) is 6.04 Å². The van der Waals surface area contributed by atoms with Gasteiger partial charge in [0.25, 0.3) is 0 Å². The van der Waals surface area contributed by atoms with Crippen molar-refractivity contribution >= 4 is 11.5 Å². The second-order valence-corrected chi connectivity index (χ2v) is 5.44. The molecule has 0 aliphatic carbocycles. The Morgan fingerprint density at radius 1 is 1.43 bits per heavy atom. The Kier molecular flexibility index (Phi) is 5.39. The van der Waals surface area contributed by atoms with E-state index in [1.165, 1.54) is 0 Å². The number of likely N-dealkylation sites (N-methyl/N-ethyl adjacent to an activating group) is 1. The Morgan fingerprint density at radius 3 is 2.76 bits per heavy atom. The first-order valence-corrected chi connectivity index (χ1v) is 7.43. The van der Waals surface area contributed by atoms with Gasteiger partial charge in [0.05, 0.1) is 7.11 Å². The van der Waals surface area contributed by atoms with Gasteiger partial charge in [0.2, 0.25) is 5.91 Å². The number of carbonyl (C=O) groups excluding carboxylic acids is 1. The first kappa shape index (κ1) is 15.6. The second kappa shape index (κ2) is 7.27. The lowest BCUT2D eigenvalue weighted by Crippen LogP contribution is -2.40. The average molecular weight is 288 g/mol. The molecule has 1 aromatic carbocycles. The molecule has 1 atom stereocenters. The molecule has 0 saturated carbocycles. The molecule has 1 heterocycles. The third-order valence-electron chi connectivity index (χ3n) is 3.99. The van der Waals surface area contributed by atoms with Crippen LogP contribution >= 0.6 is 0 Å². The number of methoxy groups -OCH3 is 1. The summed E-state index contributed by atoms with van der Waals surface area (Å²) < 4.78 is 5.15. The summed E-state index contributed by atoms with van der Waals surface area (Å²) in [6.45, 7) is 3.70. The van der Waals surface area contributed by atoms with Crippen molar-refractivity contribution in [3.05, 3.63) is 35.9 Å². The zero-order valence-corrected chi connectivity index (χ0v) is 13.1. The van der Waals surface area contributed by atoms with Gasteiger partial charge in [-0.3, -0.25) is 4.79 Å². The Balaban J connectivity index is 2.08. The summed E-state index contributed by atoms with van der Waals surface area (Å²) in [6, 6.07) is 8.11. The second-order valence-electron chi connectivity index (χ2n) is 5.44. The predicted molar refractivity (Wildman–Crippen MR) is 85.3 cm³/mol. The van der Waals surface area contributed by atoms with Crippen molar-refractivity contribution in [3.8, 4) is 5.75 Å². The highest BCUT2D eigenvalue weighted by atomic mass is 16.5. The van der Waals surface area contributed by atoms with E-state index >= 15 is 0 Å². The fraction of sp³-hybridized carbons (Fsp3) is 0.471. The number of nitrogens with zero attached hydrogens (tertiary/aromatic N) is 1. The molecule has 1 fully saturated rings. The molecule has 1 unspecified atom stereocenters. The van der Waals surface area contributed by atoms with Crippen molar-refractivity contribution in [2.75, 3.05) is 27.2 Å². The van der Waals surface area contributed by atoms with Crippen molar-refractivity contribution < 1.29 is 9.53 Å². The van der Waals surface area contributed by atoms with Crippen LogP contribution in [0, 0.1) is 0 Å². The quantitative estimate of drug-likeness (QED) is 0.845. The molecule has 21 heavy (non-hydrogen) atoms. The maximum atomic E-state index is 12.4. The lowest BCUT2D eigenvalue weighted by Gasteiger charge is -2.23. The average Bonchev–Trinajstić information content (AvgIpc) is 2.96. The molecule has 0 bridgehead atoms. The van der Waals surface area contributed by atoms with Crippen molar-refractivity contribution in [1.82, 2.24) is 10.2 Å². The number of hydrogen-bond donors (Lipinski definition) is 1. The van der Waals surface area contributed by atoms with Crippen LogP contribution in [-0.4, -0.2) is 44.1 Å². The minimum atomic E-state index is 0.112. The predicted octanol–water partition coefficient (Wildman–Crippen LogP) is 2.31. The monoisotopic (exact) mass is 288 g/mol. The lowest BCUT2D eigenvalue weighted by molar-refractivity contribution is -0.126. The number of likely N-dealkylation sites (tertiary alicyclic amines) is 1. The van der Waals surface area contributed by atoms with Gasteiger partial charge >= 0.3 is 0 Å². The van der Waals surface area contributed by atoms with Gasteiger partial charge in [0.15, 0.2) is 0 Å². The smallest absolute Gasteiger partial charge is 0.247 e. The highest BCUT2D eigenvalue weighted by Crippen LogP contribution is 2.21. The molecule has 2 rings (SSSR count). The maximum Gasteiger partial charge on any atom is 0.247 e. The van der Waals surface area contributed by atoms with Crippen LogP contribution in [0.4, 0.5) is 0 Å². The number of benzene rings is 1. The highest BCUT2D eigenvalue weighted by molar-refractivity contribution is 5.95. The summed E-state index contributed by atoms with van der Waals surface area (Å²) in [7, 11) is 3.58. The minimum absolute atomic E-state index is 0.112. The molecule has 114 valence electrons. The van der Waals surface area contributed by atoms with Gasteiger partial charge in [0.1, 0.15) is 5.75 Å². The van der Waals surface area contributed by atoms with E-state index in [1.54, 1.807) is 13.2 Å². The topological polar surface area (TPSA) is 41.6 Å². The van der Waals surface area contributed by atoms with E-state index in [0.717, 1.165) is 42.8 Å². The number of hydrogen-bond acceptors (Lipinski definition) is 3. The molecule has 4 nitrogen and oxygen atoms in total. The SMILES string of the molecule is CNCC1CCCN1C(=O)C=C(C)c1ccc(OC)cc1. The van der Waals surface area contributed by atoms with Crippen molar-refractivity contribution in [1.29, 1.82) is 0 Å². The van der Waals surface area contributed by atoms with Crippen LogP contribution in [-0.2, 0) is 4.79 Å². The standard InChI is InChI=1S/C17H24N2O2/c1-13(14-6-8-16(21-3)9-7-14)11-17(20)19-10-4-5-15(19)12-18-2/h6-9,11,15,18H,4-5,10,12H2,1-3H3. The summed E-state index contributed by atoms with van der Waals surface area (Å²) >= 11 is 0. The number of ether oxygens (including phenoxy) is 1. The molecular formula is C17H24N2O2. The van der Waals surface area contributed by atoms with E-state index in [4.69, 9.17) is 4.74 Å². The van der Waals surface area contributed by atoms with Gasteiger partial charge in [-0.1, -0.05) is 12.1 Å². The molecule has 0 aromatic heterocycles. The Labute approximate surface area is 126 Å². The zero-order valence-electron chi connectivity index (χ0n) is 13.1. The molecular weight excluding hydrogens is 264 g/mol. The zero-order chi connectivity index (χ0) is 15.2. The van der Waals surface area contributed by atoms with Crippen LogP contribution in [0.1, 0.15) is 25.3 Å². The summed E-state index contributed by atoms with van der Waals surface area (Å²) in [5.41, 5.74) is 2.03.